The number of hydrogen-bond donors (Lipinski definition) is 1. The van der Waals surface area contributed by atoms with Gasteiger partial charge >= 0.3 is 5.97 Å². The lowest BCUT2D eigenvalue weighted by molar-refractivity contribution is 0.0693. The molecule has 26 heavy (non-hydrogen) atoms. The molecule has 0 atom stereocenters. The lowest BCUT2D eigenvalue weighted by atomic mass is 10.0. The molecule has 0 radical (unpaired) electrons. The molecule has 6 nitrogen and oxygen atoms in total. The predicted molar refractivity (Wildman–Crippen MR) is 98.0 cm³/mol. The monoisotopic (exact) mass is 375 g/mol. The molecule has 0 saturated carbocycles. The summed E-state index contributed by atoms with van der Waals surface area (Å²) in [6.45, 7) is 1.13. The third-order valence-electron chi connectivity index (χ3n) is 4.57. The van der Waals surface area contributed by atoms with Crippen LogP contribution in [0.2, 0.25) is 0 Å². The van der Waals surface area contributed by atoms with E-state index < -0.39 is 16.0 Å². The van der Waals surface area contributed by atoms with Gasteiger partial charge in [0.15, 0.2) is 0 Å². The number of carboxylic acids is 1. The van der Waals surface area contributed by atoms with Gasteiger partial charge in [0.1, 0.15) is 11.3 Å². The number of carboxylic acid groups (broad SMARTS) is 1. The third-order valence-corrected chi connectivity index (χ3v) is 6.49. The lowest BCUT2D eigenvalue weighted by Gasteiger charge is -2.25. The van der Waals surface area contributed by atoms with Crippen molar-refractivity contribution in [3.05, 3.63) is 48.0 Å². The van der Waals surface area contributed by atoms with Crippen molar-refractivity contribution in [3.8, 4) is 16.9 Å². The first-order valence-corrected chi connectivity index (χ1v) is 9.89. The lowest BCUT2D eigenvalue weighted by Crippen LogP contribution is -2.35. The summed E-state index contributed by atoms with van der Waals surface area (Å²) < 4.78 is 32.1. The predicted octanol–water partition coefficient (Wildman–Crippen LogP) is 3.24. The zero-order valence-corrected chi connectivity index (χ0v) is 15.3. The molecule has 1 saturated heterocycles. The van der Waals surface area contributed by atoms with Crippen LogP contribution in [0.25, 0.3) is 11.1 Å². The maximum Gasteiger partial charge on any atom is 0.339 e. The molecular weight excluding hydrogens is 354 g/mol. The number of sulfonamides is 1. The van der Waals surface area contributed by atoms with Crippen molar-refractivity contribution >= 4 is 16.0 Å². The molecule has 0 aromatic heterocycles. The Morgan fingerprint density at radius 3 is 2.19 bits per heavy atom. The Balaban J connectivity index is 1.89. The van der Waals surface area contributed by atoms with Crippen LogP contribution in [0.15, 0.2) is 47.4 Å². The van der Waals surface area contributed by atoms with Crippen molar-refractivity contribution < 1.29 is 23.1 Å². The summed E-state index contributed by atoms with van der Waals surface area (Å²) in [5.74, 6) is -0.795. The highest BCUT2D eigenvalue weighted by atomic mass is 32.2. The number of methoxy groups -OCH3 is 1. The molecule has 1 fully saturated rings. The number of rotatable bonds is 5. The first kappa shape index (κ1) is 18.4. The van der Waals surface area contributed by atoms with E-state index in [0.717, 1.165) is 30.4 Å². The molecule has 3 rings (SSSR count). The fourth-order valence-corrected chi connectivity index (χ4v) is 4.64. The molecule has 7 heteroatoms. The van der Waals surface area contributed by atoms with E-state index in [1.165, 1.54) is 17.5 Å². The van der Waals surface area contributed by atoms with Crippen LogP contribution in [0, 0.1) is 0 Å². The minimum absolute atomic E-state index is 0.0838. The van der Waals surface area contributed by atoms with Crippen LogP contribution in [0.1, 0.15) is 29.6 Å². The van der Waals surface area contributed by atoms with Gasteiger partial charge in [0.25, 0.3) is 0 Å². The Labute approximate surface area is 153 Å². The summed E-state index contributed by atoms with van der Waals surface area (Å²) in [7, 11) is -2.04. The second-order valence-corrected chi connectivity index (χ2v) is 8.15. The van der Waals surface area contributed by atoms with Gasteiger partial charge in [-0.25, -0.2) is 13.2 Å². The molecule has 1 heterocycles. The van der Waals surface area contributed by atoms with Gasteiger partial charge in [-0.15, -0.1) is 0 Å². The molecule has 1 N–H and O–H groups in total. The highest BCUT2D eigenvalue weighted by molar-refractivity contribution is 7.89. The van der Waals surface area contributed by atoms with Crippen LogP contribution in [-0.4, -0.2) is 44.0 Å². The SMILES string of the molecule is COc1cc(-c2ccc(S(=O)(=O)N3CCCCC3)cc2)ccc1C(=O)O. The van der Waals surface area contributed by atoms with Crippen LogP contribution < -0.4 is 4.74 Å². The Kier molecular flexibility index (Phi) is 5.29. The standard InChI is InChI=1S/C19H21NO5S/c1-25-18-13-15(7-10-17(18)19(21)22)14-5-8-16(9-6-14)26(23,24)20-11-3-2-4-12-20/h5-10,13H,2-4,11-12H2,1H3,(H,21,22). The van der Waals surface area contributed by atoms with Gasteiger partial charge in [-0.3, -0.25) is 0 Å². The molecule has 138 valence electrons. The molecule has 1 aliphatic heterocycles. The van der Waals surface area contributed by atoms with E-state index in [1.807, 2.05) is 0 Å². The van der Waals surface area contributed by atoms with E-state index in [9.17, 15) is 13.2 Å². The van der Waals surface area contributed by atoms with Crippen LogP contribution >= 0.6 is 0 Å². The molecule has 0 amide bonds. The van der Waals surface area contributed by atoms with E-state index in [0.29, 0.717) is 13.1 Å². The molecule has 0 aliphatic carbocycles. The molecule has 0 spiro atoms. The Morgan fingerprint density at radius 2 is 1.62 bits per heavy atom. The molecular formula is C19H21NO5S. The van der Waals surface area contributed by atoms with E-state index >= 15 is 0 Å². The fraction of sp³-hybridized carbons (Fsp3) is 0.316. The van der Waals surface area contributed by atoms with Crippen molar-refractivity contribution in [2.24, 2.45) is 0 Å². The van der Waals surface area contributed by atoms with Gasteiger partial charge < -0.3 is 9.84 Å². The summed E-state index contributed by atoms with van der Waals surface area (Å²) >= 11 is 0. The average Bonchev–Trinajstić information content (AvgIpc) is 2.68. The summed E-state index contributed by atoms with van der Waals surface area (Å²) in [4.78, 5) is 11.5. The third kappa shape index (κ3) is 3.59. The number of hydrogen-bond acceptors (Lipinski definition) is 4. The summed E-state index contributed by atoms with van der Waals surface area (Å²) in [5, 5.41) is 9.16. The first-order valence-electron chi connectivity index (χ1n) is 8.45. The second-order valence-electron chi connectivity index (χ2n) is 6.21. The summed E-state index contributed by atoms with van der Waals surface area (Å²) in [6, 6.07) is 11.4. The van der Waals surface area contributed by atoms with Crippen LogP contribution in [0.4, 0.5) is 0 Å². The molecule has 1 aliphatic rings. The maximum atomic E-state index is 12.7. The highest BCUT2D eigenvalue weighted by Gasteiger charge is 2.25. The number of ether oxygens (including phenoxy) is 1. The minimum Gasteiger partial charge on any atom is -0.496 e. The smallest absolute Gasteiger partial charge is 0.339 e. The van der Waals surface area contributed by atoms with Crippen molar-refractivity contribution in [1.29, 1.82) is 0 Å². The van der Waals surface area contributed by atoms with Crippen molar-refractivity contribution in [1.82, 2.24) is 4.31 Å². The summed E-state index contributed by atoms with van der Waals surface area (Å²) in [5.41, 5.74) is 1.63. The Hall–Kier alpha value is -2.38. The van der Waals surface area contributed by atoms with Gasteiger partial charge in [-0.05, 0) is 48.2 Å². The molecule has 0 unspecified atom stereocenters. The zero-order chi connectivity index (χ0) is 18.7. The zero-order valence-electron chi connectivity index (χ0n) is 14.5. The first-order chi connectivity index (χ1) is 12.4. The fourth-order valence-electron chi connectivity index (χ4n) is 3.12. The number of piperidine rings is 1. The van der Waals surface area contributed by atoms with Gasteiger partial charge in [0.05, 0.1) is 12.0 Å². The summed E-state index contributed by atoms with van der Waals surface area (Å²) in [6.07, 6.45) is 2.86. The quantitative estimate of drug-likeness (QED) is 0.867. The molecule has 0 bridgehead atoms. The van der Waals surface area contributed by atoms with Gasteiger partial charge in [-0.1, -0.05) is 24.6 Å². The van der Waals surface area contributed by atoms with Crippen molar-refractivity contribution in [3.63, 3.8) is 0 Å². The highest BCUT2D eigenvalue weighted by Crippen LogP contribution is 2.29. The number of aromatic carboxylic acids is 1. The minimum atomic E-state index is -3.46. The van der Waals surface area contributed by atoms with E-state index in [-0.39, 0.29) is 16.2 Å². The van der Waals surface area contributed by atoms with Crippen LogP contribution in [0.5, 0.6) is 5.75 Å². The van der Waals surface area contributed by atoms with Crippen molar-refractivity contribution in [2.75, 3.05) is 20.2 Å². The largest absolute Gasteiger partial charge is 0.496 e. The topological polar surface area (TPSA) is 83.9 Å². The van der Waals surface area contributed by atoms with E-state index in [1.54, 1.807) is 36.4 Å². The Morgan fingerprint density at radius 1 is 1.00 bits per heavy atom. The molecule has 2 aromatic rings. The van der Waals surface area contributed by atoms with Gasteiger partial charge in [0.2, 0.25) is 10.0 Å². The van der Waals surface area contributed by atoms with Crippen LogP contribution in [-0.2, 0) is 10.0 Å². The van der Waals surface area contributed by atoms with Gasteiger partial charge in [0, 0.05) is 13.1 Å². The molecule has 2 aromatic carbocycles. The number of benzene rings is 2. The van der Waals surface area contributed by atoms with Crippen molar-refractivity contribution in [2.45, 2.75) is 24.2 Å². The Bertz CT molecular complexity index is 900. The number of carbonyl (C=O) groups is 1. The average molecular weight is 375 g/mol. The maximum absolute atomic E-state index is 12.7. The second kappa shape index (κ2) is 7.47. The van der Waals surface area contributed by atoms with E-state index in [2.05, 4.69) is 0 Å². The van der Waals surface area contributed by atoms with Gasteiger partial charge in [-0.2, -0.15) is 4.31 Å². The number of nitrogens with zero attached hydrogens (tertiary/aromatic N) is 1. The van der Waals surface area contributed by atoms with Crippen LogP contribution in [0.3, 0.4) is 0 Å². The van der Waals surface area contributed by atoms with E-state index in [4.69, 9.17) is 9.84 Å². The normalized spacial score (nSPS) is 15.6.